The van der Waals surface area contributed by atoms with Crippen LogP contribution in [0.3, 0.4) is 0 Å². The largest absolute Gasteiger partial charge is 0.301 e. The summed E-state index contributed by atoms with van der Waals surface area (Å²) in [6.45, 7) is 0. The molecular weight excluding hydrogens is 488 g/mol. The van der Waals surface area contributed by atoms with E-state index in [0.717, 1.165) is 12.1 Å². The molecule has 0 aliphatic rings. The van der Waals surface area contributed by atoms with E-state index < -0.39 is 72.5 Å². The Kier molecular flexibility index (Phi) is 7.56. The molecule has 0 radical (unpaired) electrons. The first-order valence-electron chi connectivity index (χ1n) is 7.27. The standard InChI is InChI=1S/2C6H4N2O7S/c9-7(10)4-1-2-6(16(13,14)15)5(3-4)8(11)12;9-7(10)4-1-2-5(8(11)12)6(3-4)16(13,14)15/h2*1-3H,(H,13,14,15). The topological polar surface area (TPSA) is 281 Å². The van der Waals surface area contributed by atoms with Crippen molar-refractivity contribution in [3.8, 4) is 0 Å². The minimum absolute atomic E-state index is 0.424. The monoisotopic (exact) mass is 496 g/mol. The average Bonchev–Trinajstić information content (AvgIpc) is 2.65. The van der Waals surface area contributed by atoms with E-state index in [4.69, 9.17) is 9.11 Å². The minimum atomic E-state index is -4.88. The molecule has 0 aromatic heterocycles. The van der Waals surface area contributed by atoms with Gasteiger partial charge in [-0.25, -0.2) is 0 Å². The second kappa shape index (κ2) is 9.34. The van der Waals surface area contributed by atoms with Gasteiger partial charge >= 0.3 is 20.2 Å². The Labute approximate surface area is 175 Å². The maximum absolute atomic E-state index is 10.8. The van der Waals surface area contributed by atoms with Gasteiger partial charge in [-0.2, -0.15) is 16.8 Å². The van der Waals surface area contributed by atoms with Gasteiger partial charge in [-0.15, -0.1) is 0 Å². The first-order valence-corrected chi connectivity index (χ1v) is 10.2. The predicted octanol–water partition coefficient (Wildman–Crippen LogP) is 1.50. The van der Waals surface area contributed by atoms with Crippen LogP contribution in [-0.2, 0) is 20.2 Å². The summed E-state index contributed by atoms with van der Waals surface area (Å²) < 4.78 is 60.3. The van der Waals surface area contributed by atoms with Crippen molar-refractivity contribution in [2.75, 3.05) is 0 Å². The fourth-order valence-corrected chi connectivity index (χ4v) is 3.27. The van der Waals surface area contributed by atoms with Crippen molar-refractivity contribution >= 4 is 43.0 Å². The van der Waals surface area contributed by atoms with Crippen LogP contribution in [0, 0.1) is 40.5 Å². The Balaban J connectivity index is 0.000000320. The third-order valence-electron chi connectivity index (χ3n) is 3.26. The Bertz CT molecular complexity index is 1340. The van der Waals surface area contributed by atoms with Crippen LogP contribution in [0.5, 0.6) is 0 Å². The van der Waals surface area contributed by atoms with Gasteiger partial charge < -0.3 is 0 Å². The predicted molar refractivity (Wildman–Crippen MR) is 99.1 cm³/mol. The molecule has 2 aromatic rings. The lowest BCUT2D eigenvalue weighted by molar-refractivity contribution is -0.396. The number of benzene rings is 2. The maximum Gasteiger partial charge on any atom is 0.301 e. The van der Waals surface area contributed by atoms with Gasteiger partial charge in [0.15, 0.2) is 9.79 Å². The third kappa shape index (κ3) is 6.43. The minimum Gasteiger partial charge on any atom is -0.282 e. The summed E-state index contributed by atoms with van der Waals surface area (Å²) in [5, 5.41) is 41.5. The molecule has 18 nitrogen and oxygen atoms in total. The molecule has 0 aliphatic carbocycles. The van der Waals surface area contributed by atoms with Gasteiger partial charge in [-0.3, -0.25) is 49.6 Å². The molecule has 0 fully saturated rings. The molecule has 2 rings (SSSR count). The maximum atomic E-state index is 10.8. The molecule has 2 aromatic carbocycles. The van der Waals surface area contributed by atoms with Crippen molar-refractivity contribution in [3.63, 3.8) is 0 Å². The highest BCUT2D eigenvalue weighted by atomic mass is 32.2. The summed E-state index contributed by atoms with van der Waals surface area (Å²) in [6, 6.07) is 3.65. The van der Waals surface area contributed by atoms with E-state index in [1.165, 1.54) is 0 Å². The van der Waals surface area contributed by atoms with Gasteiger partial charge in [0, 0.05) is 24.3 Å². The number of nitrogens with zero attached hydrogens (tertiary/aromatic N) is 4. The second-order valence-corrected chi connectivity index (χ2v) is 8.06. The number of nitro groups is 4. The van der Waals surface area contributed by atoms with Crippen molar-refractivity contribution < 1.29 is 45.6 Å². The first kappa shape index (κ1) is 25.9. The third-order valence-corrected chi connectivity index (χ3v) is 5.04. The van der Waals surface area contributed by atoms with E-state index >= 15 is 0 Å². The van der Waals surface area contributed by atoms with Crippen LogP contribution in [0.15, 0.2) is 46.2 Å². The Hall–Kier alpha value is -4.14. The molecule has 0 saturated carbocycles. The van der Waals surface area contributed by atoms with E-state index in [1.807, 2.05) is 0 Å². The molecule has 20 heteroatoms. The van der Waals surface area contributed by atoms with Crippen molar-refractivity contribution in [1.29, 1.82) is 0 Å². The fourth-order valence-electron chi connectivity index (χ4n) is 1.95. The smallest absolute Gasteiger partial charge is 0.282 e. The highest BCUT2D eigenvalue weighted by molar-refractivity contribution is 7.86. The van der Waals surface area contributed by atoms with Crippen molar-refractivity contribution in [2.24, 2.45) is 0 Å². The molecule has 0 bridgehead atoms. The Morgan fingerprint density at radius 1 is 0.562 bits per heavy atom. The molecule has 0 atom stereocenters. The van der Waals surface area contributed by atoms with Crippen LogP contribution in [0.25, 0.3) is 0 Å². The molecule has 0 amide bonds. The lowest BCUT2D eigenvalue weighted by Crippen LogP contribution is -2.04. The summed E-state index contributed by atoms with van der Waals surface area (Å²) in [6.07, 6.45) is 0. The van der Waals surface area contributed by atoms with Crippen LogP contribution in [-0.4, -0.2) is 45.6 Å². The van der Waals surface area contributed by atoms with Gasteiger partial charge in [-0.1, -0.05) is 0 Å². The molecule has 0 heterocycles. The normalized spacial score (nSPS) is 11.1. The summed E-state index contributed by atoms with van der Waals surface area (Å²) in [4.78, 5) is 35.4. The average molecular weight is 496 g/mol. The number of nitro benzene ring substituents is 4. The van der Waals surface area contributed by atoms with E-state index in [2.05, 4.69) is 0 Å². The number of hydrogen-bond donors (Lipinski definition) is 2. The lowest BCUT2D eigenvalue weighted by atomic mass is 10.3. The zero-order chi connectivity index (χ0) is 25.0. The SMILES string of the molecule is O=[N+]([O-])c1ccc(S(=O)(=O)O)c([N+](=O)[O-])c1.O=[N+]([O-])c1ccc([N+](=O)[O-])c(S(=O)(=O)O)c1. The van der Waals surface area contributed by atoms with Crippen molar-refractivity contribution in [1.82, 2.24) is 0 Å². The molecular formula is C12H8N4O14S2. The number of hydrogen-bond acceptors (Lipinski definition) is 12. The van der Waals surface area contributed by atoms with Gasteiger partial charge in [0.2, 0.25) is 0 Å². The van der Waals surface area contributed by atoms with Crippen LogP contribution in [0.4, 0.5) is 22.7 Å². The zero-order valence-corrected chi connectivity index (χ0v) is 16.5. The van der Waals surface area contributed by atoms with Gasteiger partial charge in [0.05, 0.1) is 25.8 Å². The van der Waals surface area contributed by atoms with E-state index in [1.54, 1.807) is 0 Å². The van der Waals surface area contributed by atoms with Crippen LogP contribution >= 0.6 is 0 Å². The van der Waals surface area contributed by atoms with Crippen molar-refractivity contribution in [2.45, 2.75) is 9.79 Å². The van der Waals surface area contributed by atoms with E-state index in [-0.39, 0.29) is 0 Å². The van der Waals surface area contributed by atoms with Gasteiger partial charge in [-0.05, 0) is 6.07 Å². The van der Waals surface area contributed by atoms with Crippen LogP contribution < -0.4 is 0 Å². The summed E-state index contributed by atoms with van der Waals surface area (Å²) >= 11 is 0. The second-order valence-electron chi connectivity index (χ2n) is 5.28. The Morgan fingerprint density at radius 3 is 1.34 bits per heavy atom. The highest BCUT2D eigenvalue weighted by Gasteiger charge is 2.28. The molecule has 32 heavy (non-hydrogen) atoms. The van der Waals surface area contributed by atoms with Gasteiger partial charge in [0.1, 0.15) is 0 Å². The quantitative estimate of drug-likeness (QED) is 0.325. The van der Waals surface area contributed by atoms with Crippen LogP contribution in [0.2, 0.25) is 0 Å². The van der Waals surface area contributed by atoms with Gasteiger partial charge in [0.25, 0.3) is 22.7 Å². The van der Waals surface area contributed by atoms with E-state index in [0.29, 0.717) is 24.3 Å². The molecule has 0 aliphatic heterocycles. The zero-order valence-electron chi connectivity index (χ0n) is 14.9. The molecule has 0 unspecified atom stereocenters. The highest BCUT2D eigenvalue weighted by Crippen LogP contribution is 2.28. The van der Waals surface area contributed by atoms with Crippen molar-refractivity contribution in [3.05, 3.63) is 76.9 Å². The molecule has 0 saturated heterocycles. The molecule has 0 spiro atoms. The Morgan fingerprint density at radius 2 is 0.969 bits per heavy atom. The fraction of sp³-hybridized carbons (Fsp3) is 0. The summed E-state index contributed by atoms with van der Waals surface area (Å²) in [7, 11) is -9.67. The molecule has 2 N–H and O–H groups in total. The van der Waals surface area contributed by atoms with Crippen LogP contribution in [0.1, 0.15) is 0 Å². The number of rotatable bonds is 6. The number of non-ortho nitro benzene ring substituents is 2. The lowest BCUT2D eigenvalue weighted by Gasteiger charge is -1.98. The van der Waals surface area contributed by atoms with E-state index in [9.17, 15) is 57.3 Å². The summed E-state index contributed by atoms with van der Waals surface area (Å²) in [5.74, 6) is 0. The first-order chi connectivity index (χ1) is 14.5. The molecule has 172 valence electrons. The summed E-state index contributed by atoms with van der Waals surface area (Å²) in [5.41, 5.74) is -3.28.